The number of carbonyl (C=O) groups is 2. The van der Waals surface area contributed by atoms with E-state index in [1.54, 1.807) is 4.90 Å². The lowest BCUT2D eigenvalue weighted by atomic mass is 10.1. The standard InChI is InChI=1S/C22H28N2O2/c1-18(2)24(15-9-14-19-10-5-3-6-11-19)22(26)23-21(17-25)16-20-12-7-4-8-13-20/h3-8,10-13,17-18,21H,9,14-16H2,1-2H3,(H,23,26)/t21-/m0/s1. The molecule has 0 aliphatic rings. The Morgan fingerprint density at radius 1 is 1.00 bits per heavy atom. The molecule has 4 heteroatoms. The SMILES string of the molecule is CC(C)N(CCCc1ccccc1)C(=O)N[C@H](C=O)Cc1ccccc1. The largest absolute Gasteiger partial charge is 0.328 e. The molecule has 26 heavy (non-hydrogen) atoms. The molecule has 0 fully saturated rings. The molecular formula is C22H28N2O2. The van der Waals surface area contributed by atoms with E-state index in [-0.39, 0.29) is 12.1 Å². The van der Waals surface area contributed by atoms with Gasteiger partial charge in [0.15, 0.2) is 0 Å². The van der Waals surface area contributed by atoms with Gasteiger partial charge in [0.05, 0.1) is 6.04 Å². The highest BCUT2D eigenvalue weighted by Gasteiger charge is 2.20. The molecule has 0 saturated carbocycles. The summed E-state index contributed by atoms with van der Waals surface area (Å²) in [4.78, 5) is 25.8. The number of carbonyl (C=O) groups excluding carboxylic acids is 2. The van der Waals surface area contributed by atoms with Crippen LogP contribution in [0.15, 0.2) is 60.7 Å². The monoisotopic (exact) mass is 352 g/mol. The van der Waals surface area contributed by atoms with Gasteiger partial charge in [-0.15, -0.1) is 0 Å². The maximum atomic E-state index is 12.6. The zero-order valence-corrected chi connectivity index (χ0v) is 15.6. The van der Waals surface area contributed by atoms with Crippen molar-refractivity contribution in [1.29, 1.82) is 0 Å². The van der Waals surface area contributed by atoms with E-state index in [0.29, 0.717) is 13.0 Å². The van der Waals surface area contributed by atoms with E-state index in [9.17, 15) is 9.59 Å². The molecule has 4 nitrogen and oxygen atoms in total. The molecule has 1 N–H and O–H groups in total. The maximum Gasteiger partial charge on any atom is 0.318 e. The smallest absolute Gasteiger partial charge is 0.318 e. The van der Waals surface area contributed by atoms with E-state index < -0.39 is 6.04 Å². The summed E-state index contributed by atoms with van der Waals surface area (Å²) in [7, 11) is 0. The van der Waals surface area contributed by atoms with Crippen LogP contribution in [-0.4, -0.2) is 35.8 Å². The molecule has 0 bridgehead atoms. The Kier molecular flexibility index (Phi) is 7.87. The summed E-state index contributed by atoms with van der Waals surface area (Å²) in [6.45, 7) is 4.65. The van der Waals surface area contributed by atoms with Crippen molar-refractivity contribution >= 4 is 12.3 Å². The zero-order valence-electron chi connectivity index (χ0n) is 15.6. The van der Waals surface area contributed by atoms with Gasteiger partial charge in [-0.2, -0.15) is 0 Å². The average molecular weight is 352 g/mol. The van der Waals surface area contributed by atoms with Crippen LogP contribution in [0.1, 0.15) is 31.4 Å². The first-order valence-electron chi connectivity index (χ1n) is 9.20. The first kappa shape index (κ1) is 19.7. The Bertz CT molecular complexity index is 671. The molecule has 0 spiro atoms. The van der Waals surface area contributed by atoms with Gasteiger partial charge in [-0.05, 0) is 44.2 Å². The van der Waals surface area contributed by atoms with Crippen LogP contribution in [0, 0.1) is 0 Å². The van der Waals surface area contributed by atoms with Gasteiger partial charge in [-0.1, -0.05) is 60.7 Å². The third-order valence-electron chi connectivity index (χ3n) is 4.36. The van der Waals surface area contributed by atoms with Crippen molar-refractivity contribution < 1.29 is 9.59 Å². The van der Waals surface area contributed by atoms with Crippen LogP contribution in [0.5, 0.6) is 0 Å². The maximum absolute atomic E-state index is 12.6. The number of urea groups is 1. The number of rotatable bonds is 9. The van der Waals surface area contributed by atoms with Crippen LogP contribution in [0.3, 0.4) is 0 Å². The van der Waals surface area contributed by atoms with Crippen LogP contribution in [-0.2, 0) is 17.6 Å². The minimum Gasteiger partial charge on any atom is -0.328 e. The lowest BCUT2D eigenvalue weighted by Gasteiger charge is -2.28. The first-order chi connectivity index (χ1) is 12.6. The fraction of sp³-hybridized carbons (Fsp3) is 0.364. The molecule has 1 atom stereocenters. The lowest BCUT2D eigenvalue weighted by Crippen LogP contribution is -2.49. The third-order valence-corrected chi connectivity index (χ3v) is 4.36. The van der Waals surface area contributed by atoms with Crippen molar-refractivity contribution in [2.24, 2.45) is 0 Å². The van der Waals surface area contributed by atoms with E-state index in [4.69, 9.17) is 0 Å². The average Bonchev–Trinajstić information content (AvgIpc) is 2.66. The minimum atomic E-state index is -0.514. The summed E-state index contributed by atoms with van der Waals surface area (Å²) < 4.78 is 0. The number of nitrogens with zero attached hydrogens (tertiary/aromatic N) is 1. The normalized spacial score (nSPS) is 11.8. The Morgan fingerprint density at radius 3 is 2.12 bits per heavy atom. The van der Waals surface area contributed by atoms with Crippen LogP contribution in [0.25, 0.3) is 0 Å². The number of aldehydes is 1. The van der Waals surface area contributed by atoms with Gasteiger partial charge in [0.1, 0.15) is 6.29 Å². The number of hydrogen-bond donors (Lipinski definition) is 1. The molecule has 2 amide bonds. The molecule has 0 aliphatic heterocycles. The third kappa shape index (κ3) is 6.36. The molecule has 0 aromatic heterocycles. The summed E-state index contributed by atoms with van der Waals surface area (Å²) in [5.41, 5.74) is 2.30. The highest BCUT2D eigenvalue weighted by molar-refractivity contribution is 5.78. The highest BCUT2D eigenvalue weighted by Crippen LogP contribution is 2.08. The van der Waals surface area contributed by atoms with Crippen molar-refractivity contribution in [2.75, 3.05) is 6.54 Å². The number of hydrogen-bond acceptors (Lipinski definition) is 2. The van der Waals surface area contributed by atoms with E-state index >= 15 is 0 Å². The van der Waals surface area contributed by atoms with Gasteiger partial charge in [-0.3, -0.25) is 0 Å². The summed E-state index contributed by atoms with van der Waals surface area (Å²) in [6.07, 6.45) is 3.14. The van der Waals surface area contributed by atoms with Gasteiger partial charge < -0.3 is 15.0 Å². The Labute approximate surface area is 156 Å². The summed E-state index contributed by atoms with van der Waals surface area (Å²) in [5.74, 6) is 0. The van der Waals surface area contributed by atoms with Crippen molar-refractivity contribution in [3.05, 3.63) is 71.8 Å². The number of amides is 2. The van der Waals surface area contributed by atoms with E-state index in [0.717, 1.165) is 24.7 Å². The number of benzene rings is 2. The second-order valence-corrected chi connectivity index (χ2v) is 6.76. The van der Waals surface area contributed by atoms with Gasteiger partial charge in [-0.25, -0.2) is 4.79 Å². The van der Waals surface area contributed by atoms with Crippen LogP contribution in [0.4, 0.5) is 4.79 Å². The zero-order chi connectivity index (χ0) is 18.8. The Hall–Kier alpha value is -2.62. The summed E-state index contributed by atoms with van der Waals surface area (Å²) in [6, 6.07) is 19.4. The fourth-order valence-corrected chi connectivity index (χ4v) is 2.94. The fourth-order valence-electron chi connectivity index (χ4n) is 2.94. The topological polar surface area (TPSA) is 49.4 Å². The quantitative estimate of drug-likeness (QED) is 0.697. The van der Waals surface area contributed by atoms with Crippen LogP contribution in [0.2, 0.25) is 0 Å². The second-order valence-electron chi connectivity index (χ2n) is 6.76. The van der Waals surface area contributed by atoms with Crippen molar-refractivity contribution in [2.45, 2.75) is 45.2 Å². The Balaban J connectivity index is 1.88. The molecule has 0 aliphatic carbocycles. The molecular weight excluding hydrogens is 324 g/mol. The van der Waals surface area contributed by atoms with E-state index in [1.165, 1.54) is 5.56 Å². The molecule has 2 aromatic carbocycles. The predicted molar refractivity (Wildman–Crippen MR) is 105 cm³/mol. The van der Waals surface area contributed by atoms with Gasteiger partial charge in [0.25, 0.3) is 0 Å². The Morgan fingerprint density at radius 2 is 1.58 bits per heavy atom. The molecule has 2 rings (SSSR count). The second kappa shape index (κ2) is 10.4. The van der Waals surface area contributed by atoms with Crippen LogP contribution >= 0.6 is 0 Å². The molecule has 0 heterocycles. The van der Waals surface area contributed by atoms with Crippen molar-refractivity contribution in [3.63, 3.8) is 0 Å². The summed E-state index contributed by atoms with van der Waals surface area (Å²) >= 11 is 0. The molecule has 0 unspecified atom stereocenters. The minimum absolute atomic E-state index is 0.0785. The predicted octanol–water partition coefficient (Wildman–Crippen LogP) is 3.85. The first-order valence-corrected chi connectivity index (χ1v) is 9.20. The van der Waals surface area contributed by atoms with Gasteiger partial charge in [0, 0.05) is 12.6 Å². The van der Waals surface area contributed by atoms with Gasteiger partial charge in [0.2, 0.25) is 0 Å². The van der Waals surface area contributed by atoms with Crippen LogP contribution < -0.4 is 5.32 Å². The summed E-state index contributed by atoms with van der Waals surface area (Å²) in [5, 5.41) is 2.86. The number of aryl methyl sites for hydroxylation is 1. The molecule has 0 radical (unpaired) electrons. The van der Waals surface area contributed by atoms with E-state index in [2.05, 4.69) is 17.4 Å². The molecule has 2 aromatic rings. The van der Waals surface area contributed by atoms with Gasteiger partial charge >= 0.3 is 6.03 Å². The highest BCUT2D eigenvalue weighted by atomic mass is 16.2. The number of nitrogens with one attached hydrogen (secondary N) is 1. The van der Waals surface area contributed by atoms with Crippen molar-refractivity contribution in [1.82, 2.24) is 10.2 Å². The van der Waals surface area contributed by atoms with Crippen molar-refractivity contribution in [3.8, 4) is 0 Å². The van der Waals surface area contributed by atoms with E-state index in [1.807, 2.05) is 62.4 Å². The molecule has 138 valence electrons. The molecule has 0 saturated heterocycles. The lowest BCUT2D eigenvalue weighted by molar-refractivity contribution is -0.109.